The van der Waals surface area contributed by atoms with E-state index < -0.39 is 0 Å². The molecule has 0 amide bonds. The van der Waals surface area contributed by atoms with E-state index in [2.05, 4.69) is 25.9 Å². The Morgan fingerprint density at radius 3 is 2.71 bits per heavy atom. The van der Waals surface area contributed by atoms with Gasteiger partial charge in [-0.3, -0.25) is 0 Å². The van der Waals surface area contributed by atoms with Crippen molar-refractivity contribution in [2.24, 2.45) is 0 Å². The van der Waals surface area contributed by atoms with Crippen molar-refractivity contribution in [3.8, 4) is 11.3 Å². The van der Waals surface area contributed by atoms with Gasteiger partial charge in [0, 0.05) is 16.5 Å². The number of halogens is 2. The summed E-state index contributed by atoms with van der Waals surface area (Å²) in [6, 6.07) is 9.66. The molecular weight excluding hydrogens is 300 g/mol. The Bertz CT molecular complexity index is 567. The van der Waals surface area contributed by atoms with Crippen molar-refractivity contribution in [3.63, 3.8) is 0 Å². The van der Waals surface area contributed by atoms with Gasteiger partial charge in [-0.25, -0.2) is 9.97 Å². The summed E-state index contributed by atoms with van der Waals surface area (Å²) in [5.41, 5.74) is 1.96. The van der Waals surface area contributed by atoms with Gasteiger partial charge in [-0.2, -0.15) is 0 Å². The molecule has 2 nitrogen and oxygen atoms in total. The highest BCUT2D eigenvalue weighted by Gasteiger charge is 2.27. The van der Waals surface area contributed by atoms with E-state index in [1.165, 1.54) is 12.8 Å². The second-order valence-electron chi connectivity index (χ2n) is 4.22. The van der Waals surface area contributed by atoms with Crippen LogP contribution in [0.15, 0.2) is 34.9 Å². The van der Waals surface area contributed by atoms with Crippen LogP contribution in [0.4, 0.5) is 0 Å². The minimum absolute atomic E-state index is 0.547. The molecule has 1 aliphatic carbocycles. The van der Waals surface area contributed by atoms with Crippen molar-refractivity contribution in [1.82, 2.24) is 9.97 Å². The first-order valence-corrected chi connectivity index (χ1v) is 6.70. The Balaban J connectivity index is 2.07. The fraction of sp³-hybridized carbons (Fsp3) is 0.231. The average Bonchev–Trinajstić information content (AvgIpc) is 3.12. The van der Waals surface area contributed by atoms with Crippen LogP contribution < -0.4 is 0 Å². The van der Waals surface area contributed by atoms with Crippen LogP contribution in [0.25, 0.3) is 11.3 Å². The van der Waals surface area contributed by atoms with Gasteiger partial charge >= 0.3 is 0 Å². The van der Waals surface area contributed by atoms with E-state index in [4.69, 9.17) is 11.6 Å². The number of hydrogen-bond acceptors (Lipinski definition) is 2. The van der Waals surface area contributed by atoms with Crippen LogP contribution in [0.2, 0.25) is 5.02 Å². The third-order valence-corrected chi connectivity index (χ3v) is 3.42. The lowest BCUT2D eigenvalue weighted by Crippen LogP contribution is -1.95. The third kappa shape index (κ3) is 2.50. The van der Waals surface area contributed by atoms with E-state index in [0.29, 0.717) is 5.92 Å². The molecule has 0 spiro atoms. The van der Waals surface area contributed by atoms with Crippen molar-refractivity contribution >= 4 is 27.5 Å². The van der Waals surface area contributed by atoms with Crippen molar-refractivity contribution in [1.29, 1.82) is 0 Å². The van der Waals surface area contributed by atoms with E-state index >= 15 is 0 Å². The van der Waals surface area contributed by atoms with Crippen LogP contribution in [0.5, 0.6) is 0 Å². The lowest BCUT2D eigenvalue weighted by molar-refractivity contribution is 0.919. The van der Waals surface area contributed by atoms with E-state index in [1.54, 1.807) is 0 Å². The van der Waals surface area contributed by atoms with Gasteiger partial charge in [0.15, 0.2) is 0 Å². The normalized spacial score (nSPS) is 14.9. The molecule has 17 heavy (non-hydrogen) atoms. The third-order valence-electron chi connectivity index (χ3n) is 2.78. The lowest BCUT2D eigenvalue weighted by Gasteiger charge is -2.05. The molecule has 4 heteroatoms. The largest absolute Gasteiger partial charge is 0.233 e. The van der Waals surface area contributed by atoms with Gasteiger partial charge in [0.05, 0.1) is 5.69 Å². The SMILES string of the molecule is Clc1cccc(-c2cc(Br)nc(C3CC3)n2)c1. The smallest absolute Gasteiger partial charge is 0.133 e. The Hall–Kier alpha value is -0.930. The molecule has 0 unspecified atom stereocenters. The molecule has 0 aliphatic heterocycles. The maximum Gasteiger partial charge on any atom is 0.133 e. The molecule has 0 atom stereocenters. The number of rotatable bonds is 2. The minimum atomic E-state index is 0.547. The highest BCUT2D eigenvalue weighted by Crippen LogP contribution is 2.39. The predicted molar refractivity (Wildman–Crippen MR) is 72.2 cm³/mol. The van der Waals surface area contributed by atoms with Crippen molar-refractivity contribution < 1.29 is 0 Å². The molecule has 1 aliphatic rings. The quantitative estimate of drug-likeness (QED) is 0.767. The summed E-state index contributed by atoms with van der Waals surface area (Å²) in [5.74, 6) is 1.49. The molecule has 1 heterocycles. The van der Waals surface area contributed by atoms with Gasteiger partial charge in [0.1, 0.15) is 10.4 Å². The highest BCUT2D eigenvalue weighted by molar-refractivity contribution is 9.10. The van der Waals surface area contributed by atoms with E-state index in [-0.39, 0.29) is 0 Å². The molecule has 0 bridgehead atoms. The average molecular weight is 310 g/mol. The topological polar surface area (TPSA) is 25.8 Å². The molecule has 1 saturated carbocycles. The standard InChI is InChI=1S/C13H10BrClN2/c14-12-7-11(9-2-1-3-10(15)6-9)16-13(17-12)8-4-5-8/h1-3,6-8H,4-5H2. The molecule has 2 aromatic rings. The molecular formula is C13H10BrClN2. The van der Waals surface area contributed by atoms with Gasteiger partial charge in [0.2, 0.25) is 0 Å². The van der Waals surface area contributed by atoms with Crippen LogP contribution >= 0.6 is 27.5 Å². The lowest BCUT2D eigenvalue weighted by atomic mass is 10.1. The maximum atomic E-state index is 5.99. The summed E-state index contributed by atoms with van der Waals surface area (Å²) >= 11 is 9.43. The first-order chi connectivity index (χ1) is 8.22. The van der Waals surface area contributed by atoms with Crippen LogP contribution in [0, 0.1) is 0 Å². The zero-order valence-electron chi connectivity index (χ0n) is 9.03. The summed E-state index contributed by atoms with van der Waals surface area (Å²) in [5, 5.41) is 0.727. The van der Waals surface area contributed by atoms with E-state index in [0.717, 1.165) is 26.7 Å². The summed E-state index contributed by atoms with van der Waals surface area (Å²) in [4.78, 5) is 9.02. The van der Waals surface area contributed by atoms with Gasteiger partial charge in [0.25, 0.3) is 0 Å². The first-order valence-electron chi connectivity index (χ1n) is 5.53. The van der Waals surface area contributed by atoms with Gasteiger partial charge in [-0.05, 0) is 47.0 Å². The number of aromatic nitrogens is 2. The van der Waals surface area contributed by atoms with Crippen molar-refractivity contribution in [3.05, 3.63) is 45.8 Å². The molecule has 1 aromatic carbocycles. The zero-order chi connectivity index (χ0) is 11.8. The van der Waals surface area contributed by atoms with Crippen LogP contribution in [-0.4, -0.2) is 9.97 Å². The molecule has 0 radical (unpaired) electrons. The Morgan fingerprint density at radius 2 is 2.00 bits per heavy atom. The Kier molecular flexibility index (Phi) is 2.89. The predicted octanol–water partition coefficient (Wildman–Crippen LogP) is 4.44. The summed E-state index contributed by atoms with van der Waals surface area (Å²) in [6.45, 7) is 0. The monoisotopic (exact) mass is 308 g/mol. The molecule has 0 N–H and O–H groups in total. The van der Waals surface area contributed by atoms with Crippen molar-refractivity contribution in [2.45, 2.75) is 18.8 Å². The molecule has 1 aromatic heterocycles. The van der Waals surface area contributed by atoms with Gasteiger partial charge < -0.3 is 0 Å². The van der Waals surface area contributed by atoms with Gasteiger partial charge in [-0.1, -0.05) is 23.7 Å². The first kappa shape index (κ1) is 11.2. The Labute approximate surface area is 113 Å². The summed E-state index contributed by atoms with van der Waals surface area (Å²) in [6.07, 6.45) is 2.40. The summed E-state index contributed by atoms with van der Waals surface area (Å²) in [7, 11) is 0. The zero-order valence-corrected chi connectivity index (χ0v) is 11.4. The second-order valence-corrected chi connectivity index (χ2v) is 5.47. The fourth-order valence-corrected chi connectivity index (χ4v) is 2.34. The van der Waals surface area contributed by atoms with E-state index in [9.17, 15) is 0 Å². The van der Waals surface area contributed by atoms with Crippen LogP contribution in [0.3, 0.4) is 0 Å². The maximum absolute atomic E-state index is 5.99. The van der Waals surface area contributed by atoms with Crippen LogP contribution in [0.1, 0.15) is 24.6 Å². The number of hydrogen-bond donors (Lipinski definition) is 0. The second kappa shape index (κ2) is 4.39. The minimum Gasteiger partial charge on any atom is -0.233 e. The molecule has 3 rings (SSSR count). The van der Waals surface area contributed by atoms with E-state index in [1.807, 2.05) is 30.3 Å². The number of nitrogens with zero attached hydrogens (tertiary/aromatic N) is 2. The van der Waals surface area contributed by atoms with Gasteiger partial charge in [-0.15, -0.1) is 0 Å². The molecule has 1 fully saturated rings. The Morgan fingerprint density at radius 1 is 1.18 bits per heavy atom. The fourth-order valence-electron chi connectivity index (χ4n) is 1.76. The molecule has 86 valence electrons. The van der Waals surface area contributed by atoms with Crippen LogP contribution in [-0.2, 0) is 0 Å². The van der Waals surface area contributed by atoms with Crippen molar-refractivity contribution in [2.75, 3.05) is 0 Å². The highest BCUT2D eigenvalue weighted by atomic mass is 79.9. The summed E-state index contributed by atoms with van der Waals surface area (Å²) < 4.78 is 0.837. The molecule has 0 saturated heterocycles. The number of benzene rings is 1.